The third-order valence-electron chi connectivity index (χ3n) is 7.90. The number of hydrogen-bond acceptors (Lipinski definition) is 5. The van der Waals surface area contributed by atoms with E-state index in [-0.39, 0.29) is 36.4 Å². The Balaban J connectivity index is 1.48. The van der Waals surface area contributed by atoms with Gasteiger partial charge < -0.3 is 14.2 Å². The third-order valence-corrected chi connectivity index (χ3v) is 7.90. The predicted octanol–water partition coefficient (Wildman–Crippen LogP) is 7.39. The fourth-order valence-electron chi connectivity index (χ4n) is 5.79. The van der Waals surface area contributed by atoms with E-state index >= 15 is 0 Å². The summed E-state index contributed by atoms with van der Waals surface area (Å²) in [6.07, 6.45) is -11.5. The molecule has 1 amide bonds. The summed E-state index contributed by atoms with van der Waals surface area (Å²) in [5.41, 5.74) is -2.58. The van der Waals surface area contributed by atoms with Crippen molar-refractivity contribution < 1.29 is 44.8 Å². The average molecular weight is 600 g/mol. The fourth-order valence-corrected chi connectivity index (χ4v) is 5.79. The number of alkyl halides is 6. The molecule has 3 aromatic rings. The highest BCUT2D eigenvalue weighted by Crippen LogP contribution is 2.46. The maximum atomic E-state index is 13.8. The molecule has 2 unspecified atom stereocenters. The molecular weight excluding hydrogens is 571 g/mol. The molecule has 5 rings (SSSR count). The van der Waals surface area contributed by atoms with Crippen molar-refractivity contribution in [1.29, 1.82) is 0 Å². The van der Waals surface area contributed by atoms with Gasteiger partial charge in [0.15, 0.2) is 5.82 Å². The van der Waals surface area contributed by atoms with E-state index < -0.39 is 59.4 Å². The molecule has 0 spiro atoms. The predicted molar refractivity (Wildman–Crippen MR) is 135 cm³/mol. The molecule has 6 nitrogen and oxygen atoms in total. The van der Waals surface area contributed by atoms with Crippen LogP contribution in [0.3, 0.4) is 0 Å². The van der Waals surface area contributed by atoms with Gasteiger partial charge in [0.2, 0.25) is 11.8 Å². The van der Waals surface area contributed by atoms with E-state index in [1.807, 2.05) is 13.8 Å². The highest BCUT2D eigenvalue weighted by atomic mass is 19.4. The van der Waals surface area contributed by atoms with E-state index in [9.17, 15) is 35.5 Å². The van der Waals surface area contributed by atoms with Gasteiger partial charge in [-0.3, -0.25) is 4.79 Å². The highest BCUT2D eigenvalue weighted by molar-refractivity contribution is 5.79. The van der Waals surface area contributed by atoms with Crippen LogP contribution < -0.4 is 0 Å². The first kappa shape index (κ1) is 30.0. The summed E-state index contributed by atoms with van der Waals surface area (Å²) in [4.78, 5) is 19.4. The van der Waals surface area contributed by atoms with E-state index in [4.69, 9.17) is 9.26 Å². The van der Waals surface area contributed by atoms with Crippen molar-refractivity contribution in [2.24, 2.45) is 0 Å². The second-order valence-electron chi connectivity index (χ2n) is 11.1. The Bertz CT molecular complexity index is 1400. The van der Waals surface area contributed by atoms with Crippen LogP contribution in [0.4, 0.5) is 30.7 Å². The Morgan fingerprint density at radius 3 is 2.14 bits per heavy atom. The Kier molecular flexibility index (Phi) is 7.84. The molecule has 13 heteroatoms. The monoisotopic (exact) mass is 599 g/mol. The lowest BCUT2D eigenvalue weighted by molar-refractivity contribution is -0.143. The number of piperidine rings is 1. The molecule has 2 aliphatic heterocycles. The van der Waals surface area contributed by atoms with Crippen LogP contribution in [-0.2, 0) is 21.9 Å². The minimum atomic E-state index is -5.01. The minimum Gasteiger partial charge on any atom is -0.368 e. The average Bonchev–Trinajstić information content (AvgIpc) is 3.54. The van der Waals surface area contributed by atoms with Crippen molar-refractivity contribution in [3.8, 4) is 0 Å². The van der Waals surface area contributed by atoms with Crippen molar-refractivity contribution in [3.05, 3.63) is 82.3 Å². The fraction of sp³-hybridized carbons (Fsp3) is 0.483. The standard InChI is InChI=1S/C29H28F7N3O3/c1-14(2)26-37-27(42-38-26)18-10-22-25(16-4-6-21(30)7-5-16)23(13-39(22)24(40)11-18)41-15(3)17-8-19(28(31,32)33)12-20(9-17)29(34,35)36/h4-9,12,14-15,18,22-23,25H,10-11,13H2,1-3H3/t15-,18?,22?,23+,25+/m1/s1. The second kappa shape index (κ2) is 11.0. The number of halogens is 7. The van der Waals surface area contributed by atoms with E-state index in [0.29, 0.717) is 35.8 Å². The van der Waals surface area contributed by atoms with Crippen LogP contribution in [0.25, 0.3) is 0 Å². The topological polar surface area (TPSA) is 68.5 Å². The molecule has 2 fully saturated rings. The van der Waals surface area contributed by atoms with E-state index in [1.54, 1.807) is 4.90 Å². The Morgan fingerprint density at radius 2 is 1.60 bits per heavy atom. The van der Waals surface area contributed by atoms with Crippen LogP contribution in [0.2, 0.25) is 0 Å². The van der Waals surface area contributed by atoms with E-state index in [1.165, 1.54) is 31.2 Å². The number of aromatic nitrogens is 2. The summed E-state index contributed by atoms with van der Waals surface area (Å²) in [7, 11) is 0. The van der Waals surface area contributed by atoms with Gasteiger partial charge in [0.05, 0.1) is 23.3 Å². The summed E-state index contributed by atoms with van der Waals surface area (Å²) in [6, 6.07) is 6.43. The molecule has 1 aromatic heterocycles. The number of ether oxygens (including phenoxy) is 1. The van der Waals surface area contributed by atoms with Gasteiger partial charge in [0.1, 0.15) is 5.82 Å². The molecule has 0 bridgehead atoms. The largest absolute Gasteiger partial charge is 0.416 e. The Labute approximate surface area is 236 Å². The summed E-state index contributed by atoms with van der Waals surface area (Å²) in [5.74, 6) is -0.875. The summed E-state index contributed by atoms with van der Waals surface area (Å²) >= 11 is 0. The van der Waals surface area contributed by atoms with Gasteiger partial charge in [-0.2, -0.15) is 31.3 Å². The number of benzene rings is 2. The van der Waals surface area contributed by atoms with Gasteiger partial charge in [-0.25, -0.2) is 4.39 Å². The molecule has 0 radical (unpaired) electrons. The lowest BCUT2D eigenvalue weighted by Crippen LogP contribution is -2.43. The second-order valence-corrected chi connectivity index (χ2v) is 11.1. The number of nitrogens with zero attached hydrogens (tertiary/aromatic N) is 3. The normalized spacial score (nSPS) is 23.9. The summed E-state index contributed by atoms with van der Waals surface area (Å²) < 4.78 is 106. The van der Waals surface area contributed by atoms with Crippen molar-refractivity contribution in [2.45, 2.75) is 82.0 Å². The lowest BCUT2D eigenvalue weighted by Gasteiger charge is -2.35. The van der Waals surface area contributed by atoms with Crippen LogP contribution in [-0.4, -0.2) is 39.6 Å². The molecule has 3 heterocycles. The van der Waals surface area contributed by atoms with Crippen LogP contribution in [0.15, 0.2) is 47.0 Å². The number of amides is 1. The van der Waals surface area contributed by atoms with Crippen molar-refractivity contribution >= 4 is 5.91 Å². The molecule has 0 aliphatic carbocycles. The van der Waals surface area contributed by atoms with Gasteiger partial charge in [-0.15, -0.1) is 0 Å². The lowest BCUT2D eigenvalue weighted by atomic mass is 9.81. The van der Waals surface area contributed by atoms with Gasteiger partial charge in [0, 0.05) is 36.8 Å². The van der Waals surface area contributed by atoms with Crippen molar-refractivity contribution in [2.75, 3.05) is 6.54 Å². The van der Waals surface area contributed by atoms with Gasteiger partial charge in [-0.1, -0.05) is 31.1 Å². The molecule has 2 saturated heterocycles. The zero-order valence-corrected chi connectivity index (χ0v) is 22.8. The molecule has 0 saturated carbocycles. The smallest absolute Gasteiger partial charge is 0.368 e. The number of rotatable bonds is 6. The van der Waals surface area contributed by atoms with E-state index in [2.05, 4.69) is 10.1 Å². The summed E-state index contributed by atoms with van der Waals surface area (Å²) in [5, 5.41) is 3.99. The van der Waals surface area contributed by atoms with Crippen molar-refractivity contribution in [1.82, 2.24) is 15.0 Å². The zero-order valence-electron chi connectivity index (χ0n) is 22.8. The first-order chi connectivity index (χ1) is 19.6. The zero-order chi connectivity index (χ0) is 30.6. The maximum Gasteiger partial charge on any atom is 0.416 e. The van der Waals surface area contributed by atoms with Crippen molar-refractivity contribution in [3.63, 3.8) is 0 Å². The molecular formula is C29H28F7N3O3. The number of hydrogen-bond donors (Lipinski definition) is 0. The number of fused-ring (bicyclic) bond motifs is 1. The van der Waals surface area contributed by atoms with Crippen LogP contribution in [0, 0.1) is 5.82 Å². The quantitative estimate of drug-likeness (QED) is 0.277. The maximum absolute atomic E-state index is 13.8. The minimum absolute atomic E-state index is 0.00436. The number of carbonyl (C=O) groups is 1. The number of carbonyl (C=O) groups excluding carboxylic acids is 1. The molecule has 2 aliphatic rings. The molecule has 2 aromatic carbocycles. The first-order valence-electron chi connectivity index (χ1n) is 13.4. The summed E-state index contributed by atoms with van der Waals surface area (Å²) in [6.45, 7) is 5.21. The Hall–Kier alpha value is -3.48. The van der Waals surface area contributed by atoms with E-state index in [0.717, 1.165) is 0 Å². The van der Waals surface area contributed by atoms with Crippen LogP contribution in [0.5, 0.6) is 0 Å². The van der Waals surface area contributed by atoms with Crippen LogP contribution in [0.1, 0.15) is 91.4 Å². The highest BCUT2D eigenvalue weighted by Gasteiger charge is 2.50. The van der Waals surface area contributed by atoms with Gasteiger partial charge in [0.25, 0.3) is 0 Å². The van der Waals surface area contributed by atoms with Gasteiger partial charge >= 0.3 is 12.4 Å². The molecule has 42 heavy (non-hydrogen) atoms. The first-order valence-corrected chi connectivity index (χ1v) is 13.4. The Morgan fingerprint density at radius 1 is 0.976 bits per heavy atom. The molecule has 226 valence electrons. The van der Waals surface area contributed by atoms with Gasteiger partial charge in [-0.05, 0) is 54.8 Å². The molecule has 0 N–H and O–H groups in total. The SMILES string of the molecule is CC(C)c1noc(C2CC(=O)N3C[C@H](O[C@H](C)c4cc(C(F)(F)F)cc(C(F)(F)F)c4)[C@@H](c4ccc(F)cc4)C3C2)n1. The van der Waals surface area contributed by atoms with Crippen LogP contribution >= 0.6 is 0 Å². The third kappa shape index (κ3) is 6.02. The molecule has 5 atom stereocenters.